The molecule has 0 saturated carbocycles. The van der Waals surface area contributed by atoms with Crippen molar-refractivity contribution in [2.24, 2.45) is 12.8 Å². The average Bonchev–Trinajstić information content (AvgIpc) is 2.61. The second kappa shape index (κ2) is 3.61. The minimum atomic E-state index is 0.225. The SMILES string of the molecule is Cc1ccc(C)c2c1c1c(n2C)CCCC1N. The Kier molecular flexibility index (Phi) is 2.30. The lowest BCUT2D eigenvalue weighted by Gasteiger charge is -2.20. The molecule has 1 heterocycles. The Morgan fingerprint density at radius 3 is 2.71 bits per heavy atom. The number of hydrogen-bond acceptors (Lipinski definition) is 1. The van der Waals surface area contributed by atoms with Gasteiger partial charge < -0.3 is 10.3 Å². The molecule has 0 bridgehead atoms. The van der Waals surface area contributed by atoms with Crippen molar-refractivity contribution >= 4 is 10.9 Å². The minimum absolute atomic E-state index is 0.225. The van der Waals surface area contributed by atoms with Gasteiger partial charge in [0.15, 0.2) is 0 Å². The molecule has 0 radical (unpaired) electrons. The lowest BCUT2D eigenvalue weighted by molar-refractivity contribution is 0.557. The smallest absolute Gasteiger partial charge is 0.0515 e. The van der Waals surface area contributed by atoms with Gasteiger partial charge in [0.25, 0.3) is 0 Å². The number of nitrogens with two attached hydrogens (primary N) is 1. The van der Waals surface area contributed by atoms with E-state index in [0.717, 1.165) is 6.42 Å². The molecule has 0 saturated heterocycles. The van der Waals surface area contributed by atoms with E-state index < -0.39 is 0 Å². The molecule has 0 spiro atoms. The van der Waals surface area contributed by atoms with Gasteiger partial charge in [-0.15, -0.1) is 0 Å². The van der Waals surface area contributed by atoms with E-state index in [1.54, 1.807) is 0 Å². The van der Waals surface area contributed by atoms with E-state index in [9.17, 15) is 0 Å². The van der Waals surface area contributed by atoms with Crippen molar-refractivity contribution in [3.8, 4) is 0 Å². The fourth-order valence-electron chi connectivity index (χ4n) is 3.36. The average molecular weight is 228 g/mol. The van der Waals surface area contributed by atoms with Gasteiger partial charge in [-0.3, -0.25) is 0 Å². The van der Waals surface area contributed by atoms with E-state index in [2.05, 4.69) is 37.6 Å². The highest BCUT2D eigenvalue weighted by atomic mass is 15.0. The van der Waals surface area contributed by atoms with Crippen LogP contribution in [0.2, 0.25) is 0 Å². The van der Waals surface area contributed by atoms with Crippen LogP contribution in [-0.2, 0) is 13.5 Å². The van der Waals surface area contributed by atoms with Crippen LogP contribution in [0.4, 0.5) is 0 Å². The normalized spacial score (nSPS) is 19.6. The molecule has 0 fully saturated rings. The first kappa shape index (κ1) is 10.8. The first-order valence-electron chi connectivity index (χ1n) is 6.44. The summed E-state index contributed by atoms with van der Waals surface area (Å²) in [6.07, 6.45) is 3.52. The van der Waals surface area contributed by atoms with E-state index in [1.165, 1.54) is 46.1 Å². The number of hydrogen-bond donors (Lipinski definition) is 1. The summed E-state index contributed by atoms with van der Waals surface area (Å²) in [6, 6.07) is 4.66. The van der Waals surface area contributed by atoms with Gasteiger partial charge in [-0.2, -0.15) is 0 Å². The molecule has 0 aliphatic heterocycles. The zero-order valence-corrected chi connectivity index (χ0v) is 10.9. The fraction of sp³-hybridized carbons (Fsp3) is 0.467. The van der Waals surface area contributed by atoms with E-state index in [4.69, 9.17) is 5.73 Å². The van der Waals surface area contributed by atoms with Crippen LogP contribution < -0.4 is 5.73 Å². The standard InChI is InChI=1S/C15H20N2/c1-9-7-8-10(2)15-13(9)14-11(16)5-4-6-12(14)17(15)3/h7-8,11H,4-6,16H2,1-3H3. The molecule has 2 nitrogen and oxygen atoms in total. The topological polar surface area (TPSA) is 30.9 Å². The van der Waals surface area contributed by atoms with Crippen LogP contribution in [0.3, 0.4) is 0 Å². The van der Waals surface area contributed by atoms with Crippen molar-refractivity contribution < 1.29 is 0 Å². The van der Waals surface area contributed by atoms with Gasteiger partial charge in [-0.05, 0) is 49.8 Å². The summed E-state index contributed by atoms with van der Waals surface area (Å²) < 4.78 is 2.37. The Morgan fingerprint density at radius 1 is 1.24 bits per heavy atom. The Labute approximate surface area is 102 Å². The number of aryl methyl sites for hydroxylation is 3. The quantitative estimate of drug-likeness (QED) is 0.738. The molecule has 2 heteroatoms. The monoisotopic (exact) mass is 228 g/mol. The first-order chi connectivity index (χ1) is 8.11. The van der Waals surface area contributed by atoms with Crippen LogP contribution in [0, 0.1) is 13.8 Å². The van der Waals surface area contributed by atoms with Gasteiger partial charge in [-0.1, -0.05) is 12.1 Å². The summed E-state index contributed by atoms with van der Waals surface area (Å²) in [5.41, 5.74) is 13.3. The molecule has 1 aliphatic carbocycles. The van der Waals surface area contributed by atoms with Crippen molar-refractivity contribution in [1.82, 2.24) is 4.57 Å². The number of fused-ring (bicyclic) bond motifs is 3. The van der Waals surface area contributed by atoms with Crippen LogP contribution in [0.5, 0.6) is 0 Å². The largest absolute Gasteiger partial charge is 0.347 e. The second-order valence-electron chi connectivity index (χ2n) is 5.34. The van der Waals surface area contributed by atoms with Crippen molar-refractivity contribution in [1.29, 1.82) is 0 Å². The van der Waals surface area contributed by atoms with Crippen LogP contribution >= 0.6 is 0 Å². The molecule has 90 valence electrons. The molecular formula is C15H20N2. The van der Waals surface area contributed by atoms with Gasteiger partial charge in [-0.25, -0.2) is 0 Å². The van der Waals surface area contributed by atoms with Crippen LogP contribution in [0.15, 0.2) is 12.1 Å². The van der Waals surface area contributed by atoms with E-state index in [-0.39, 0.29) is 6.04 Å². The molecular weight excluding hydrogens is 208 g/mol. The summed E-state index contributed by atoms with van der Waals surface area (Å²) >= 11 is 0. The van der Waals surface area contributed by atoms with Gasteiger partial charge in [0.1, 0.15) is 0 Å². The number of nitrogens with zero attached hydrogens (tertiary/aromatic N) is 1. The van der Waals surface area contributed by atoms with Crippen LogP contribution in [0.1, 0.15) is 41.3 Å². The van der Waals surface area contributed by atoms with Crippen molar-refractivity contribution in [2.45, 2.75) is 39.2 Å². The molecule has 0 amide bonds. The second-order valence-corrected chi connectivity index (χ2v) is 5.34. The highest BCUT2D eigenvalue weighted by Gasteiger charge is 2.25. The number of rotatable bonds is 0. The molecule has 2 N–H and O–H groups in total. The van der Waals surface area contributed by atoms with Crippen LogP contribution in [0.25, 0.3) is 10.9 Å². The maximum atomic E-state index is 6.33. The van der Waals surface area contributed by atoms with E-state index in [1.807, 2.05) is 0 Å². The van der Waals surface area contributed by atoms with Gasteiger partial charge in [0.05, 0.1) is 5.52 Å². The molecule has 1 atom stereocenters. The number of aromatic nitrogens is 1. The summed E-state index contributed by atoms with van der Waals surface area (Å²) in [5.74, 6) is 0. The summed E-state index contributed by atoms with van der Waals surface area (Å²) in [6.45, 7) is 4.39. The fourth-order valence-corrected chi connectivity index (χ4v) is 3.36. The van der Waals surface area contributed by atoms with E-state index in [0.29, 0.717) is 0 Å². The van der Waals surface area contributed by atoms with Crippen molar-refractivity contribution in [3.63, 3.8) is 0 Å². The van der Waals surface area contributed by atoms with Gasteiger partial charge >= 0.3 is 0 Å². The highest BCUT2D eigenvalue weighted by Crippen LogP contribution is 2.38. The third kappa shape index (κ3) is 1.37. The Bertz CT molecular complexity index is 593. The zero-order chi connectivity index (χ0) is 12.2. The van der Waals surface area contributed by atoms with Crippen molar-refractivity contribution in [2.75, 3.05) is 0 Å². The van der Waals surface area contributed by atoms with Gasteiger partial charge in [0, 0.05) is 24.2 Å². The lowest BCUT2D eigenvalue weighted by Crippen LogP contribution is -2.17. The molecule has 1 aromatic carbocycles. The highest BCUT2D eigenvalue weighted by molar-refractivity contribution is 5.91. The van der Waals surface area contributed by atoms with Crippen molar-refractivity contribution in [3.05, 3.63) is 34.5 Å². The molecule has 1 aliphatic rings. The maximum Gasteiger partial charge on any atom is 0.0515 e. The molecule has 1 unspecified atom stereocenters. The van der Waals surface area contributed by atoms with Crippen LogP contribution in [-0.4, -0.2) is 4.57 Å². The van der Waals surface area contributed by atoms with E-state index >= 15 is 0 Å². The third-order valence-electron chi connectivity index (χ3n) is 4.21. The minimum Gasteiger partial charge on any atom is -0.347 e. The Hall–Kier alpha value is -1.28. The van der Waals surface area contributed by atoms with Gasteiger partial charge in [0.2, 0.25) is 0 Å². The summed E-state index contributed by atoms with van der Waals surface area (Å²) in [7, 11) is 2.19. The first-order valence-corrected chi connectivity index (χ1v) is 6.44. The zero-order valence-electron chi connectivity index (χ0n) is 10.9. The molecule has 3 rings (SSSR count). The third-order valence-corrected chi connectivity index (χ3v) is 4.21. The predicted molar refractivity (Wildman–Crippen MR) is 72.3 cm³/mol. The molecule has 2 aromatic rings. The summed E-state index contributed by atoms with van der Waals surface area (Å²) in [5, 5.41) is 1.41. The molecule has 17 heavy (non-hydrogen) atoms. The number of benzene rings is 1. The lowest BCUT2D eigenvalue weighted by atomic mass is 9.90. The summed E-state index contributed by atoms with van der Waals surface area (Å²) in [4.78, 5) is 0. The predicted octanol–water partition coefficient (Wildman–Crippen LogP) is 3.13. The molecule has 1 aromatic heterocycles. The maximum absolute atomic E-state index is 6.33. The Morgan fingerprint density at radius 2 is 1.94 bits per heavy atom. The Balaban J connectivity index is 2.49.